The van der Waals surface area contributed by atoms with Crippen molar-refractivity contribution in [1.82, 2.24) is 5.32 Å². The monoisotopic (exact) mass is 416 g/mol. The van der Waals surface area contributed by atoms with E-state index in [9.17, 15) is 26.4 Å². The molecule has 2 aromatic rings. The summed E-state index contributed by atoms with van der Waals surface area (Å²) in [6.45, 7) is 2.20. The second kappa shape index (κ2) is 8.51. The quantitative estimate of drug-likeness (QED) is 0.723. The van der Waals surface area contributed by atoms with Crippen LogP contribution in [0.2, 0.25) is 0 Å². The summed E-state index contributed by atoms with van der Waals surface area (Å²) in [5, 5.41) is 1.70. The number of hydrogen-bond acceptors (Lipinski definition) is 4. The minimum absolute atomic E-state index is 0.0335. The van der Waals surface area contributed by atoms with Gasteiger partial charge < -0.3 is 10.1 Å². The summed E-state index contributed by atoms with van der Waals surface area (Å²) in [7, 11) is -4.04. The predicted molar refractivity (Wildman–Crippen MR) is 97.8 cm³/mol. The number of ether oxygens (including phenoxy) is 1. The lowest BCUT2D eigenvalue weighted by molar-refractivity contribution is -0.123. The zero-order valence-electron chi connectivity index (χ0n) is 15.1. The van der Waals surface area contributed by atoms with Crippen molar-refractivity contribution >= 4 is 21.6 Å². The zero-order chi connectivity index (χ0) is 20.9. The number of carbonyl (C=O) groups is 1. The number of alkyl halides is 3. The number of hydrogen-bond donors (Lipinski definition) is 2. The molecule has 2 N–H and O–H groups in total. The van der Waals surface area contributed by atoms with Gasteiger partial charge in [0.05, 0.1) is 11.0 Å². The van der Waals surface area contributed by atoms with Gasteiger partial charge in [-0.1, -0.05) is 6.07 Å². The summed E-state index contributed by atoms with van der Waals surface area (Å²) >= 11 is 0. The van der Waals surface area contributed by atoms with Crippen LogP contribution in [0.3, 0.4) is 0 Å². The number of carbonyl (C=O) groups excluding carboxylic acids is 1. The molecule has 0 bridgehead atoms. The first-order valence-electron chi connectivity index (χ1n) is 8.21. The van der Waals surface area contributed by atoms with Crippen molar-refractivity contribution in [2.24, 2.45) is 0 Å². The molecule has 152 valence electrons. The van der Waals surface area contributed by atoms with Gasteiger partial charge in [0, 0.05) is 11.3 Å². The highest BCUT2D eigenvalue weighted by Crippen LogP contribution is 2.21. The summed E-state index contributed by atoms with van der Waals surface area (Å²) in [5.74, 6) is -0.453. The van der Waals surface area contributed by atoms with Crippen LogP contribution in [-0.2, 0) is 10.0 Å². The third-order valence-electron chi connectivity index (χ3n) is 3.33. The Morgan fingerprint density at radius 1 is 1.11 bits per heavy atom. The first-order chi connectivity index (χ1) is 13.0. The van der Waals surface area contributed by atoms with Crippen LogP contribution in [0, 0.1) is 0 Å². The second-order valence-electron chi connectivity index (χ2n) is 6.12. The van der Waals surface area contributed by atoms with E-state index in [0.717, 1.165) is 6.07 Å². The molecule has 0 radical (unpaired) electrons. The maximum atomic E-state index is 12.5. The van der Waals surface area contributed by atoms with E-state index in [1.807, 2.05) is 13.8 Å². The Bertz CT molecular complexity index is 927. The molecule has 2 rings (SSSR count). The number of benzene rings is 2. The Kier molecular flexibility index (Phi) is 6.55. The van der Waals surface area contributed by atoms with Gasteiger partial charge in [0.15, 0.2) is 0 Å². The van der Waals surface area contributed by atoms with Gasteiger partial charge in [-0.2, -0.15) is 13.2 Å². The van der Waals surface area contributed by atoms with E-state index in [1.54, 1.807) is 17.4 Å². The van der Waals surface area contributed by atoms with Crippen LogP contribution in [0.5, 0.6) is 5.75 Å². The van der Waals surface area contributed by atoms with Crippen LogP contribution in [-0.4, -0.2) is 33.1 Å². The molecule has 0 spiro atoms. The standard InChI is InChI=1S/C18H19F3N2O4S/c1-12(2)27-15-8-6-14(7-9-15)23-28(25,26)16-5-3-4-13(10-16)17(24)22-11-18(19,20)21/h3-10,12,23H,11H2,1-2H3,(H,22,24). The lowest BCUT2D eigenvalue weighted by Gasteiger charge is -2.12. The van der Waals surface area contributed by atoms with Crippen LogP contribution in [0.4, 0.5) is 18.9 Å². The molecule has 0 aliphatic carbocycles. The molecule has 6 nitrogen and oxygen atoms in total. The van der Waals surface area contributed by atoms with Crippen LogP contribution in [0.1, 0.15) is 24.2 Å². The van der Waals surface area contributed by atoms with E-state index in [1.165, 1.54) is 30.3 Å². The lowest BCUT2D eigenvalue weighted by atomic mass is 10.2. The number of anilines is 1. The molecule has 0 saturated heterocycles. The van der Waals surface area contributed by atoms with Crippen molar-refractivity contribution in [2.75, 3.05) is 11.3 Å². The van der Waals surface area contributed by atoms with E-state index >= 15 is 0 Å². The molecule has 10 heteroatoms. The van der Waals surface area contributed by atoms with Crippen LogP contribution in [0.25, 0.3) is 0 Å². The number of rotatable bonds is 7. The third-order valence-corrected chi connectivity index (χ3v) is 4.71. The fourth-order valence-corrected chi connectivity index (χ4v) is 3.28. The van der Waals surface area contributed by atoms with Gasteiger partial charge in [-0.15, -0.1) is 0 Å². The predicted octanol–water partition coefficient (Wildman–Crippen LogP) is 3.57. The van der Waals surface area contributed by atoms with Gasteiger partial charge in [0.2, 0.25) is 0 Å². The molecule has 0 fully saturated rings. The van der Waals surface area contributed by atoms with Gasteiger partial charge in [0.1, 0.15) is 12.3 Å². The highest BCUT2D eigenvalue weighted by molar-refractivity contribution is 7.92. The zero-order valence-corrected chi connectivity index (χ0v) is 15.9. The van der Waals surface area contributed by atoms with Gasteiger partial charge >= 0.3 is 6.18 Å². The Hall–Kier alpha value is -2.75. The highest BCUT2D eigenvalue weighted by atomic mass is 32.2. The molecular weight excluding hydrogens is 397 g/mol. The summed E-state index contributed by atoms with van der Waals surface area (Å²) in [6.07, 6.45) is -4.60. The van der Waals surface area contributed by atoms with E-state index in [-0.39, 0.29) is 22.3 Å². The Balaban J connectivity index is 2.14. The number of amides is 1. The first kappa shape index (κ1) is 21.5. The fraction of sp³-hybridized carbons (Fsp3) is 0.278. The highest BCUT2D eigenvalue weighted by Gasteiger charge is 2.28. The van der Waals surface area contributed by atoms with Crippen molar-refractivity contribution in [2.45, 2.75) is 31.0 Å². The minimum atomic E-state index is -4.56. The molecule has 0 atom stereocenters. The Morgan fingerprint density at radius 3 is 2.32 bits per heavy atom. The normalized spacial score (nSPS) is 11.9. The summed E-state index contributed by atoms with van der Waals surface area (Å²) in [4.78, 5) is 11.6. The molecule has 1 amide bonds. The van der Waals surface area contributed by atoms with Crippen LogP contribution in [0.15, 0.2) is 53.4 Å². The maximum absolute atomic E-state index is 12.5. The average Bonchev–Trinajstić information content (AvgIpc) is 2.60. The van der Waals surface area contributed by atoms with Crippen LogP contribution < -0.4 is 14.8 Å². The summed E-state index contributed by atoms with van der Waals surface area (Å²) in [5.41, 5.74) is 0.0656. The van der Waals surface area contributed by atoms with Gasteiger partial charge in [0.25, 0.3) is 15.9 Å². The SMILES string of the molecule is CC(C)Oc1ccc(NS(=O)(=O)c2cccc(C(=O)NCC(F)(F)F)c2)cc1. The number of halogens is 3. The van der Waals surface area contributed by atoms with Crippen molar-refractivity contribution in [3.8, 4) is 5.75 Å². The van der Waals surface area contributed by atoms with E-state index in [0.29, 0.717) is 5.75 Å². The Labute approximate surface area is 160 Å². The molecule has 0 aliphatic heterocycles. The van der Waals surface area contributed by atoms with Crippen molar-refractivity contribution in [1.29, 1.82) is 0 Å². The van der Waals surface area contributed by atoms with Gasteiger partial charge in [-0.3, -0.25) is 9.52 Å². The van der Waals surface area contributed by atoms with Crippen LogP contribution >= 0.6 is 0 Å². The molecule has 0 aromatic heterocycles. The molecule has 0 heterocycles. The van der Waals surface area contributed by atoms with Crippen molar-refractivity contribution < 1.29 is 31.1 Å². The fourth-order valence-electron chi connectivity index (χ4n) is 2.17. The average molecular weight is 416 g/mol. The van der Waals surface area contributed by atoms with Gasteiger partial charge in [-0.05, 0) is 56.3 Å². The smallest absolute Gasteiger partial charge is 0.405 e. The summed E-state index contributed by atoms with van der Waals surface area (Å²) in [6, 6.07) is 10.9. The van der Waals surface area contributed by atoms with Gasteiger partial charge in [-0.25, -0.2) is 8.42 Å². The first-order valence-corrected chi connectivity index (χ1v) is 9.69. The summed E-state index contributed by atoms with van der Waals surface area (Å²) < 4.78 is 69.5. The largest absolute Gasteiger partial charge is 0.491 e. The number of nitrogens with one attached hydrogen (secondary N) is 2. The molecule has 0 aliphatic rings. The second-order valence-corrected chi connectivity index (χ2v) is 7.80. The molecule has 0 unspecified atom stereocenters. The van der Waals surface area contributed by atoms with E-state index < -0.39 is 28.7 Å². The third kappa shape index (κ3) is 6.45. The lowest BCUT2D eigenvalue weighted by Crippen LogP contribution is -2.33. The maximum Gasteiger partial charge on any atom is 0.405 e. The molecule has 28 heavy (non-hydrogen) atoms. The van der Waals surface area contributed by atoms with E-state index in [2.05, 4.69) is 4.72 Å². The number of sulfonamides is 1. The van der Waals surface area contributed by atoms with E-state index in [4.69, 9.17) is 4.74 Å². The van der Waals surface area contributed by atoms with Crippen molar-refractivity contribution in [3.05, 3.63) is 54.1 Å². The molecule has 0 saturated carbocycles. The minimum Gasteiger partial charge on any atom is -0.491 e. The van der Waals surface area contributed by atoms with Crippen molar-refractivity contribution in [3.63, 3.8) is 0 Å². The molecular formula is C18H19F3N2O4S. The Morgan fingerprint density at radius 2 is 1.75 bits per heavy atom. The molecule has 2 aromatic carbocycles. The topological polar surface area (TPSA) is 84.5 Å².